The number of hydrogen-bond acceptors (Lipinski definition) is 1. The molecule has 0 fully saturated rings. The Morgan fingerprint density at radius 1 is 0.619 bits per heavy atom. The topological polar surface area (TPSA) is 9.23 Å². The maximum atomic E-state index is 6.07. The number of aryl methyl sites for hydroxylation is 2. The van der Waals surface area contributed by atoms with Crippen LogP contribution in [0.3, 0.4) is 0 Å². The third-order valence-corrected chi connectivity index (χ3v) is 3.61. The number of hydrogen-bond donors (Lipinski definition) is 0. The molecule has 104 valence electrons. The molecule has 21 heavy (non-hydrogen) atoms. The maximum Gasteiger partial charge on any atom is 0.135 e. The molecular weight excluding hydrogens is 256 g/mol. The van der Waals surface area contributed by atoms with Gasteiger partial charge in [0.1, 0.15) is 11.5 Å². The molecule has 0 spiro atoms. The van der Waals surface area contributed by atoms with Crippen molar-refractivity contribution in [2.75, 3.05) is 0 Å². The zero-order chi connectivity index (χ0) is 14.7. The van der Waals surface area contributed by atoms with Crippen molar-refractivity contribution < 1.29 is 4.74 Å². The van der Waals surface area contributed by atoms with E-state index in [1.165, 1.54) is 16.7 Å². The molecule has 0 aromatic heterocycles. The summed E-state index contributed by atoms with van der Waals surface area (Å²) in [5.74, 6) is 1.75. The average molecular weight is 274 g/mol. The molecule has 0 aliphatic rings. The van der Waals surface area contributed by atoms with Gasteiger partial charge in [0.2, 0.25) is 0 Å². The first kappa shape index (κ1) is 13.4. The Morgan fingerprint density at radius 3 is 1.95 bits per heavy atom. The maximum absolute atomic E-state index is 6.07. The van der Waals surface area contributed by atoms with Gasteiger partial charge in [-0.2, -0.15) is 0 Å². The molecule has 1 nitrogen and oxygen atoms in total. The van der Waals surface area contributed by atoms with Gasteiger partial charge in [-0.25, -0.2) is 0 Å². The lowest BCUT2D eigenvalue weighted by Gasteiger charge is -2.15. The van der Waals surface area contributed by atoms with Crippen LogP contribution in [0.25, 0.3) is 11.1 Å². The predicted octanol–water partition coefficient (Wildman–Crippen LogP) is 5.76. The lowest BCUT2D eigenvalue weighted by atomic mass is 9.95. The smallest absolute Gasteiger partial charge is 0.135 e. The summed E-state index contributed by atoms with van der Waals surface area (Å²) in [4.78, 5) is 0. The Hall–Kier alpha value is -2.54. The summed E-state index contributed by atoms with van der Waals surface area (Å²) in [6.45, 7) is 4.28. The van der Waals surface area contributed by atoms with E-state index in [1.54, 1.807) is 0 Å². The van der Waals surface area contributed by atoms with Gasteiger partial charge in [0, 0.05) is 5.56 Å². The first-order valence-electron chi connectivity index (χ1n) is 7.14. The van der Waals surface area contributed by atoms with Gasteiger partial charge in [-0.3, -0.25) is 0 Å². The van der Waals surface area contributed by atoms with Gasteiger partial charge in [0.25, 0.3) is 0 Å². The van der Waals surface area contributed by atoms with E-state index in [2.05, 4.69) is 44.2 Å². The highest BCUT2D eigenvalue weighted by atomic mass is 16.5. The van der Waals surface area contributed by atoms with Crippen LogP contribution in [0.1, 0.15) is 11.1 Å². The van der Waals surface area contributed by atoms with Gasteiger partial charge < -0.3 is 4.74 Å². The van der Waals surface area contributed by atoms with E-state index in [1.807, 2.05) is 42.5 Å². The van der Waals surface area contributed by atoms with Crippen LogP contribution < -0.4 is 4.74 Å². The minimum Gasteiger partial charge on any atom is -0.457 e. The van der Waals surface area contributed by atoms with Crippen molar-refractivity contribution in [2.45, 2.75) is 13.8 Å². The minimum atomic E-state index is 0.858. The highest BCUT2D eigenvalue weighted by Gasteiger charge is 2.11. The summed E-state index contributed by atoms with van der Waals surface area (Å²) < 4.78 is 6.07. The lowest BCUT2D eigenvalue weighted by Crippen LogP contribution is -1.92. The van der Waals surface area contributed by atoms with E-state index in [0.29, 0.717) is 0 Å². The zero-order valence-corrected chi connectivity index (χ0v) is 12.3. The number of ether oxygens (including phenoxy) is 1. The SMILES string of the molecule is Cc1cccc(C)c1-c1ccccc1Oc1ccccc1. The van der Waals surface area contributed by atoms with Crippen molar-refractivity contribution in [1.29, 1.82) is 0 Å². The second kappa shape index (κ2) is 5.84. The Labute approximate surface area is 125 Å². The van der Waals surface area contributed by atoms with E-state index >= 15 is 0 Å². The van der Waals surface area contributed by atoms with Crippen molar-refractivity contribution in [2.24, 2.45) is 0 Å². The molecule has 0 saturated heterocycles. The molecule has 1 heteroatoms. The minimum absolute atomic E-state index is 0.858. The normalized spacial score (nSPS) is 10.4. The fourth-order valence-electron chi connectivity index (χ4n) is 2.62. The molecule has 0 unspecified atom stereocenters. The summed E-state index contributed by atoms with van der Waals surface area (Å²) in [7, 11) is 0. The Bertz CT molecular complexity index is 725. The van der Waals surface area contributed by atoms with Crippen LogP contribution in [0.15, 0.2) is 72.8 Å². The van der Waals surface area contributed by atoms with Gasteiger partial charge in [-0.1, -0.05) is 54.6 Å². The predicted molar refractivity (Wildman–Crippen MR) is 87.9 cm³/mol. The van der Waals surface area contributed by atoms with E-state index in [-0.39, 0.29) is 0 Å². The molecule has 3 aromatic carbocycles. The number of benzene rings is 3. The fraction of sp³-hybridized carbons (Fsp3) is 0.100. The molecular formula is C20H18O. The van der Waals surface area contributed by atoms with Gasteiger partial charge in [0.05, 0.1) is 0 Å². The van der Waals surface area contributed by atoms with Gasteiger partial charge in [-0.15, -0.1) is 0 Å². The molecule has 0 atom stereocenters. The van der Waals surface area contributed by atoms with Gasteiger partial charge >= 0.3 is 0 Å². The summed E-state index contributed by atoms with van der Waals surface area (Å²) in [5.41, 5.74) is 4.92. The molecule has 3 aromatic rings. The highest BCUT2D eigenvalue weighted by molar-refractivity contribution is 5.76. The van der Waals surface area contributed by atoms with Crippen molar-refractivity contribution in [3.63, 3.8) is 0 Å². The van der Waals surface area contributed by atoms with Crippen LogP contribution in [0.4, 0.5) is 0 Å². The van der Waals surface area contributed by atoms with Gasteiger partial charge in [-0.05, 0) is 48.7 Å². The fourth-order valence-corrected chi connectivity index (χ4v) is 2.62. The number of para-hydroxylation sites is 2. The summed E-state index contributed by atoms with van der Waals surface area (Å²) >= 11 is 0. The van der Waals surface area contributed by atoms with Gasteiger partial charge in [0.15, 0.2) is 0 Å². The molecule has 0 aliphatic heterocycles. The quantitative estimate of drug-likeness (QED) is 0.589. The second-order valence-electron chi connectivity index (χ2n) is 5.18. The largest absolute Gasteiger partial charge is 0.457 e. The van der Waals surface area contributed by atoms with E-state index in [0.717, 1.165) is 17.1 Å². The summed E-state index contributed by atoms with van der Waals surface area (Å²) in [5, 5.41) is 0. The molecule has 0 bridgehead atoms. The Morgan fingerprint density at radius 2 is 1.24 bits per heavy atom. The van der Waals surface area contributed by atoms with E-state index in [9.17, 15) is 0 Å². The second-order valence-corrected chi connectivity index (χ2v) is 5.18. The molecule has 0 radical (unpaired) electrons. The first-order valence-corrected chi connectivity index (χ1v) is 7.14. The standard InChI is InChI=1S/C20H18O/c1-15-9-8-10-16(2)20(15)18-13-6-7-14-19(18)21-17-11-4-3-5-12-17/h3-14H,1-2H3. The molecule has 0 amide bonds. The molecule has 0 heterocycles. The van der Waals surface area contributed by atoms with E-state index < -0.39 is 0 Å². The Kier molecular flexibility index (Phi) is 3.74. The van der Waals surface area contributed by atoms with Crippen molar-refractivity contribution >= 4 is 0 Å². The zero-order valence-electron chi connectivity index (χ0n) is 12.3. The van der Waals surface area contributed by atoms with Crippen LogP contribution in [0.5, 0.6) is 11.5 Å². The van der Waals surface area contributed by atoms with Crippen LogP contribution in [0.2, 0.25) is 0 Å². The molecule has 0 N–H and O–H groups in total. The molecule has 3 rings (SSSR count). The van der Waals surface area contributed by atoms with Crippen molar-refractivity contribution in [3.8, 4) is 22.6 Å². The monoisotopic (exact) mass is 274 g/mol. The summed E-state index contributed by atoms with van der Waals surface area (Å²) in [6, 6.07) is 24.5. The van der Waals surface area contributed by atoms with Crippen molar-refractivity contribution in [1.82, 2.24) is 0 Å². The average Bonchev–Trinajstić information content (AvgIpc) is 2.50. The summed E-state index contributed by atoms with van der Waals surface area (Å²) in [6.07, 6.45) is 0. The van der Waals surface area contributed by atoms with Crippen LogP contribution in [-0.4, -0.2) is 0 Å². The van der Waals surface area contributed by atoms with E-state index in [4.69, 9.17) is 4.74 Å². The molecule has 0 saturated carbocycles. The van der Waals surface area contributed by atoms with Crippen molar-refractivity contribution in [3.05, 3.63) is 83.9 Å². The van der Waals surface area contributed by atoms with Crippen LogP contribution in [0, 0.1) is 13.8 Å². The van der Waals surface area contributed by atoms with Crippen LogP contribution >= 0.6 is 0 Å². The lowest BCUT2D eigenvalue weighted by molar-refractivity contribution is 0.484. The number of rotatable bonds is 3. The Balaban J connectivity index is 2.08. The van der Waals surface area contributed by atoms with Crippen LogP contribution in [-0.2, 0) is 0 Å². The third kappa shape index (κ3) is 2.82. The molecule has 0 aliphatic carbocycles. The first-order chi connectivity index (χ1) is 10.3. The highest BCUT2D eigenvalue weighted by Crippen LogP contribution is 2.36. The third-order valence-electron chi connectivity index (χ3n) is 3.61.